The molecule has 1 aromatic carbocycles. The highest BCUT2D eigenvalue weighted by Gasteiger charge is 2.43. The number of halogens is 1. The predicted octanol–water partition coefficient (Wildman–Crippen LogP) is 8.29. The minimum atomic E-state index is -0.417. The van der Waals surface area contributed by atoms with Crippen molar-refractivity contribution < 1.29 is 13.9 Å². The van der Waals surface area contributed by atoms with E-state index >= 15 is 0 Å². The lowest BCUT2D eigenvalue weighted by Crippen LogP contribution is -2.40. The van der Waals surface area contributed by atoms with Crippen LogP contribution in [-0.4, -0.2) is 5.97 Å². The summed E-state index contributed by atoms with van der Waals surface area (Å²) in [5.74, 6) is 3.21. The Labute approximate surface area is 200 Å². The van der Waals surface area contributed by atoms with Crippen molar-refractivity contribution in [2.24, 2.45) is 35.5 Å². The summed E-state index contributed by atoms with van der Waals surface area (Å²) in [4.78, 5) is 13.1. The van der Waals surface area contributed by atoms with Gasteiger partial charge in [-0.3, -0.25) is 4.79 Å². The van der Waals surface area contributed by atoms with Crippen LogP contribution in [0.25, 0.3) is 0 Å². The number of fused-ring (bicyclic) bond motifs is 1. The fourth-order valence-corrected chi connectivity index (χ4v) is 7.17. The molecule has 3 aliphatic carbocycles. The highest BCUT2D eigenvalue weighted by molar-refractivity contribution is 5.75. The number of esters is 1. The van der Waals surface area contributed by atoms with Gasteiger partial charge in [0.25, 0.3) is 0 Å². The van der Waals surface area contributed by atoms with Crippen molar-refractivity contribution in [3.63, 3.8) is 0 Å². The molecule has 1 aromatic rings. The average Bonchev–Trinajstić information content (AvgIpc) is 2.85. The zero-order valence-electron chi connectivity index (χ0n) is 20.7. The van der Waals surface area contributed by atoms with Gasteiger partial charge in [-0.05, 0) is 106 Å². The molecule has 3 heteroatoms. The number of hydrogen-bond donors (Lipinski definition) is 0. The third kappa shape index (κ3) is 6.08. The maximum Gasteiger partial charge on any atom is 0.314 e. The molecule has 0 spiro atoms. The Morgan fingerprint density at radius 2 is 1.82 bits per heavy atom. The van der Waals surface area contributed by atoms with Gasteiger partial charge in [0.05, 0.1) is 5.92 Å². The Hall–Kier alpha value is -1.64. The summed E-state index contributed by atoms with van der Waals surface area (Å²) in [6.07, 6.45) is 19.7. The number of allylic oxidation sites excluding steroid dienone is 2. The number of aryl methyl sites for hydroxylation is 1. The number of benzene rings is 1. The highest BCUT2D eigenvalue weighted by atomic mass is 19.1. The second kappa shape index (κ2) is 11.7. The van der Waals surface area contributed by atoms with Crippen LogP contribution in [0.2, 0.25) is 0 Å². The van der Waals surface area contributed by atoms with E-state index in [1.165, 1.54) is 57.4 Å². The quantitative estimate of drug-likeness (QED) is 0.235. The van der Waals surface area contributed by atoms with E-state index in [1.807, 2.05) is 19.1 Å². The topological polar surface area (TPSA) is 26.3 Å². The van der Waals surface area contributed by atoms with Gasteiger partial charge in [-0.25, -0.2) is 4.39 Å². The van der Waals surface area contributed by atoms with E-state index in [0.717, 1.165) is 55.4 Å². The molecule has 33 heavy (non-hydrogen) atoms. The second-order valence-electron chi connectivity index (χ2n) is 11.0. The summed E-state index contributed by atoms with van der Waals surface area (Å²) in [5, 5.41) is 0. The van der Waals surface area contributed by atoms with Crippen LogP contribution in [0.1, 0.15) is 96.5 Å². The molecular formula is C30H43FO2. The standard InChI is InChI=1S/C30H43FO2/c1-3-5-6-8-22-13-18-29(28(31)19-22)33-30(32)27-10-7-9-25-20-24(16-17-26(25)27)23-14-11-21(4-2)12-15-23/h3,5,13,18-19,21,23-27H,4,6-12,14-17,20H2,1-2H3/b5-3+. The monoisotopic (exact) mass is 454 g/mol. The van der Waals surface area contributed by atoms with Crippen molar-refractivity contribution in [1.29, 1.82) is 0 Å². The van der Waals surface area contributed by atoms with Crippen LogP contribution in [0, 0.1) is 41.3 Å². The summed E-state index contributed by atoms with van der Waals surface area (Å²) in [7, 11) is 0. The summed E-state index contributed by atoms with van der Waals surface area (Å²) in [6, 6.07) is 5.05. The minimum Gasteiger partial charge on any atom is -0.423 e. The summed E-state index contributed by atoms with van der Waals surface area (Å²) >= 11 is 0. The smallest absolute Gasteiger partial charge is 0.314 e. The maximum absolute atomic E-state index is 14.6. The van der Waals surface area contributed by atoms with Crippen LogP contribution < -0.4 is 4.74 Å². The zero-order valence-corrected chi connectivity index (χ0v) is 20.7. The molecule has 3 saturated carbocycles. The molecule has 3 aliphatic rings. The van der Waals surface area contributed by atoms with E-state index in [2.05, 4.69) is 13.0 Å². The Balaban J connectivity index is 1.33. The fourth-order valence-electron chi connectivity index (χ4n) is 7.17. The van der Waals surface area contributed by atoms with Crippen molar-refractivity contribution in [1.82, 2.24) is 0 Å². The molecule has 0 aromatic heterocycles. The zero-order chi connectivity index (χ0) is 23.2. The largest absolute Gasteiger partial charge is 0.423 e. The lowest BCUT2D eigenvalue weighted by Gasteiger charge is -2.46. The van der Waals surface area contributed by atoms with Gasteiger partial charge in [0, 0.05) is 0 Å². The number of carbonyl (C=O) groups excluding carboxylic acids is 1. The van der Waals surface area contributed by atoms with Crippen molar-refractivity contribution in [2.75, 3.05) is 0 Å². The van der Waals surface area contributed by atoms with Crippen LogP contribution in [-0.2, 0) is 11.2 Å². The van der Waals surface area contributed by atoms with Gasteiger partial charge in [0.1, 0.15) is 0 Å². The van der Waals surface area contributed by atoms with Gasteiger partial charge in [-0.15, -0.1) is 0 Å². The molecular weight excluding hydrogens is 411 g/mol. The first-order chi connectivity index (χ1) is 16.1. The molecule has 0 aliphatic heterocycles. The van der Waals surface area contributed by atoms with E-state index < -0.39 is 5.82 Å². The highest BCUT2D eigenvalue weighted by Crippen LogP contribution is 2.50. The molecule has 4 atom stereocenters. The third-order valence-electron chi connectivity index (χ3n) is 9.17. The van der Waals surface area contributed by atoms with Gasteiger partial charge in [0.15, 0.2) is 11.6 Å². The van der Waals surface area contributed by atoms with Crippen LogP contribution in [0.3, 0.4) is 0 Å². The SMILES string of the molecule is C/C=C/CCc1ccc(OC(=O)C2CCCC3CC(C4CCC(CC)CC4)CCC32)c(F)c1. The minimum absolute atomic E-state index is 0.0608. The molecule has 0 N–H and O–H groups in total. The number of rotatable bonds is 7. The molecule has 0 radical (unpaired) electrons. The third-order valence-corrected chi connectivity index (χ3v) is 9.17. The van der Waals surface area contributed by atoms with E-state index in [9.17, 15) is 9.18 Å². The fraction of sp³-hybridized carbons (Fsp3) is 0.700. The average molecular weight is 455 g/mol. The van der Waals surface area contributed by atoms with Gasteiger partial charge in [-0.2, -0.15) is 0 Å². The van der Waals surface area contributed by atoms with Gasteiger partial charge < -0.3 is 4.74 Å². The molecule has 3 fully saturated rings. The van der Waals surface area contributed by atoms with E-state index in [0.29, 0.717) is 11.8 Å². The lowest BCUT2D eigenvalue weighted by molar-refractivity contribution is -0.144. The first-order valence-corrected chi connectivity index (χ1v) is 13.7. The summed E-state index contributed by atoms with van der Waals surface area (Å²) in [6.45, 7) is 4.33. The van der Waals surface area contributed by atoms with Crippen molar-refractivity contribution in [3.05, 3.63) is 41.7 Å². The lowest BCUT2D eigenvalue weighted by atomic mass is 9.59. The normalized spacial score (nSPS) is 32.5. The van der Waals surface area contributed by atoms with Crippen LogP contribution >= 0.6 is 0 Å². The summed E-state index contributed by atoms with van der Waals surface area (Å²) in [5.41, 5.74) is 0.939. The van der Waals surface area contributed by atoms with Crippen molar-refractivity contribution >= 4 is 5.97 Å². The number of hydrogen-bond acceptors (Lipinski definition) is 2. The van der Waals surface area contributed by atoms with Crippen LogP contribution in [0.15, 0.2) is 30.4 Å². The second-order valence-corrected chi connectivity index (χ2v) is 11.0. The van der Waals surface area contributed by atoms with E-state index in [-0.39, 0.29) is 17.6 Å². The molecule has 182 valence electrons. The van der Waals surface area contributed by atoms with Gasteiger partial charge in [-0.1, -0.05) is 57.2 Å². The molecule has 0 amide bonds. The van der Waals surface area contributed by atoms with Crippen molar-refractivity contribution in [3.8, 4) is 5.75 Å². The first kappa shape index (κ1) is 24.5. The van der Waals surface area contributed by atoms with Gasteiger partial charge >= 0.3 is 5.97 Å². The Bertz CT molecular complexity index is 808. The Morgan fingerprint density at radius 1 is 1.03 bits per heavy atom. The molecule has 0 bridgehead atoms. The van der Waals surface area contributed by atoms with Crippen LogP contribution in [0.5, 0.6) is 5.75 Å². The van der Waals surface area contributed by atoms with Crippen molar-refractivity contribution in [2.45, 2.75) is 97.3 Å². The van der Waals surface area contributed by atoms with Gasteiger partial charge in [0.2, 0.25) is 0 Å². The maximum atomic E-state index is 14.6. The molecule has 4 rings (SSSR count). The summed E-state index contributed by atoms with van der Waals surface area (Å²) < 4.78 is 20.3. The molecule has 0 heterocycles. The predicted molar refractivity (Wildman–Crippen MR) is 133 cm³/mol. The number of ether oxygens (including phenoxy) is 1. The van der Waals surface area contributed by atoms with Crippen LogP contribution in [0.4, 0.5) is 4.39 Å². The van der Waals surface area contributed by atoms with E-state index in [4.69, 9.17) is 4.74 Å². The number of carbonyl (C=O) groups is 1. The van der Waals surface area contributed by atoms with E-state index in [1.54, 1.807) is 6.07 Å². The molecule has 2 nitrogen and oxygen atoms in total. The molecule has 0 saturated heterocycles. The molecule has 4 unspecified atom stereocenters. The Morgan fingerprint density at radius 3 is 2.55 bits per heavy atom. The Kier molecular flexibility index (Phi) is 8.66. The first-order valence-electron chi connectivity index (χ1n) is 13.7.